The first-order valence-electron chi connectivity index (χ1n) is 6.19. The molecule has 0 saturated carbocycles. The average molecular weight is 264 g/mol. The summed E-state index contributed by atoms with van der Waals surface area (Å²) >= 11 is 6.20. The Morgan fingerprint density at radius 1 is 0.684 bits per heavy atom. The maximum atomic E-state index is 6.20. The molecule has 0 radical (unpaired) electrons. The monoisotopic (exact) mass is 263 g/mol. The lowest BCUT2D eigenvalue weighted by Gasteiger charge is -2.08. The Balaban J connectivity index is 2.37. The van der Waals surface area contributed by atoms with Crippen molar-refractivity contribution >= 4 is 43.9 Å². The highest BCUT2D eigenvalue weighted by atomic mass is 35.5. The molecular weight excluding hydrogens is 254 g/mol. The van der Waals surface area contributed by atoms with Crippen LogP contribution in [0.2, 0.25) is 5.15 Å². The summed E-state index contributed by atoms with van der Waals surface area (Å²) in [6.07, 6.45) is 1.77. The number of benzene rings is 3. The lowest BCUT2D eigenvalue weighted by molar-refractivity contribution is 1.37. The number of nitrogens with zero attached hydrogens (tertiary/aromatic N) is 1. The van der Waals surface area contributed by atoms with Crippen LogP contribution in [-0.4, -0.2) is 4.98 Å². The van der Waals surface area contributed by atoms with Crippen LogP contribution >= 0.6 is 11.6 Å². The molecule has 0 aliphatic rings. The van der Waals surface area contributed by atoms with Gasteiger partial charge in [-0.05, 0) is 33.0 Å². The molecular formula is C17H10ClN. The van der Waals surface area contributed by atoms with Crippen LogP contribution in [0.4, 0.5) is 0 Å². The maximum Gasteiger partial charge on any atom is 0.136 e. The van der Waals surface area contributed by atoms with Gasteiger partial charge in [-0.3, -0.25) is 0 Å². The molecule has 0 amide bonds. The molecule has 2 heteroatoms. The van der Waals surface area contributed by atoms with Gasteiger partial charge in [-0.25, -0.2) is 4.98 Å². The predicted molar refractivity (Wildman–Crippen MR) is 81.8 cm³/mol. The zero-order chi connectivity index (χ0) is 12.8. The molecule has 0 aliphatic carbocycles. The zero-order valence-electron chi connectivity index (χ0n) is 10.1. The van der Waals surface area contributed by atoms with Crippen LogP contribution in [0.25, 0.3) is 32.3 Å². The topological polar surface area (TPSA) is 12.9 Å². The van der Waals surface area contributed by atoms with Crippen molar-refractivity contribution in [3.05, 3.63) is 65.9 Å². The van der Waals surface area contributed by atoms with Gasteiger partial charge in [0.1, 0.15) is 5.15 Å². The normalized spacial score (nSPS) is 11.4. The summed E-state index contributed by atoms with van der Waals surface area (Å²) in [4.78, 5) is 4.16. The van der Waals surface area contributed by atoms with E-state index in [4.69, 9.17) is 11.6 Å². The van der Waals surface area contributed by atoms with Crippen molar-refractivity contribution in [2.75, 3.05) is 0 Å². The zero-order valence-corrected chi connectivity index (χ0v) is 10.9. The van der Waals surface area contributed by atoms with Crippen LogP contribution in [-0.2, 0) is 0 Å². The Morgan fingerprint density at radius 3 is 2.42 bits per heavy atom. The number of rotatable bonds is 0. The molecule has 0 aliphatic heterocycles. The summed E-state index contributed by atoms with van der Waals surface area (Å²) in [5.41, 5.74) is 0. The Labute approximate surface area is 115 Å². The lowest BCUT2D eigenvalue weighted by Crippen LogP contribution is -1.83. The minimum Gasteiger partial charge on any atom is -0.244 e. The molecule has 90 valence electrons. The van der Waals surface area contributed by atoms with Gasteiger partial charge in [-0.15, -0.1) is 0 Å². The third kappa shape index (κ3) is 1.52. The molecule has 19 heavy (non-hydrogen) atoms. The third-order valence-electron chi connectivity index (χ3n) is 3.60. The van der Waals surface area contributed by atoms with E-state index < -0.39 is 0 Å². The van der Waals surface area contributed by atoms with E-state index >= 15 is 0 Å². The van der Waals surface area contributed by atoms with Gasteiger partial charge in [0, 0.05) is 11.6 Å². The Bertz CT molecular complexity index is 928. The molecule has 1 heterocycles. The second kappa shape index (κ2) is 3.94. The summed E-state index contributed by atoms with van der Waals surface area (Å²) in [7, 11) is 0. The van der Waals surface area contributed by atoms with Crippen molar-refractivity contribution in [3.63, 3.8) is 0 Å². The average Bonchev–Trinajstić information content (AvgIpc) is 2.47. The van der Waals surface area contributed by atoms with Crippen molar-refractivity contribution < 1.29 is 0 Å². The van der Waals surface area contributed by atoms with Gasteiger partial charge in [0.05, 0.1) is 0 Å². The molecule has 4 rings (SSSR count). The van der Waals surface area contributed by atoms with Crippen molar-refractivity contribution in [3.8, 4) is 0 Å². The standard InChI is InChI=1S/C17H10ClN/c18-17-15-8-7-12-6-5-11-3-1-2-4-13(11)16(12)14(15)9-10-19-17/h1-10H. The molecule has 0 bridgehead atoms. The molecule has 0 fully saturated rings. The van der Waals surface area contributed by atoms with E-state index in [1.54, 1.807) is 6.20 Å². The summed E-state index contributed by atoms with van der Waals surface area (Å²) in [6, 6.07) is 18.9. The Hall–Kier alpha value is -2.12. The predicted octanol–water partition coefficient (Wildman–Crippen LogP) is 5.19. The minimum absolute atomic E-state index is 0.562. The Morgan fingerprint density at radius 2 is 1.47 bits per heavy atom. The van der Waals surface area contributed by atoms with Gasteiger partial charge in [-0.2, -0.15) is 0 Å². The number of halogens is 1. The fourth-order valence-corrected chi connectivity index (χ4v) is 2.95. The van der Waals surface area contributed by atoms with Crippen LogP contribution in [0, 0.1) is 0 Å². The largest absolute Gasteiger partial charge is 0.244 e. The fraction of sp³-hybridized carbons (Fsp3) is 0. The molecule has 1 nitrogen and oxygen atoms in total. The summed E-state index contributed by atoms with van der Waals surface area (Å²) in [5, 5.41) is 7.71. The van der Waals surface area contributed by atoms with E-state index in [1.807, 2.05) is 12.1 Å². The second-order valence-corrected chi connectivity index (χ2v) is 5.01. The molecule has 3 aromatic carbocycles. The van der Waals surface area contributed by atoms with Gasteiger partial charge >= 0.3 is 0 Å². The highest BCUT2D eigenvalue weighted by Crippen LogP contribution is 2.33. The summed E-state index contributed by atoms with van der Waals surface area (Å²) < 4.78 is 0. The number of hydrogen-bond acceptors (Lipinski definition) is 1. The third-order valence-corrected chi connectivity index (χ3v) is 3.90. The molecule has 1 aromatic heterocycles. The van der Waals surface area contributed by atoms with Crippen molar-refractivity contribution in [1.82, 2.24) is 4.98 Å². The second-order valence-electron chi connectivity index (χ2n) is 4.65. The van der Waals surface area contributed by atoms with E-state index in [1.165, 1.54) is 21.5 Å². The van der Waals surface area contributed by atoms with E-state index in [9.17, 15) is 0 Å². The highest BCUT2D eigenvalue weighted by Gasteiger charge is 2.07. The van der Waals surface area contributed by atoms with E-state index in [0.29, 0.717) is 5.15 Å². The number of pyridine rings is 1. The van der Waals surface area contributed by atoms with Crippen molar-refractivity contribution in [2.45, 2.75) is 0 Å². The number of aromatic nitrogens is 1. The fourth-order valence-electron chi connectivity index (χ4n) is 2.73. The van der Waals surface area contributed by atoms with Crippen molar-refractivity contribution in [1.29, 1.82) is 0 Å². The molecule has 0 N–H and O–H groups in total. The number of fused-ring (bicyclic) bond motifs is 5. The first-order chi connectivity index (χ1) is 9.34. The Kier molecular flexibility index (Phi) is 2.23. The van der Waals surface area contributed by atoms with Crippen LogP contribution in [0.15, 0.2) is 60.8 Å². The van der Waals surface area contributed by atoms with Gasteiger partial charge in [0.25, 0.3) is 0 Å². The molecule has 0 spiro atoms. The SMILES string of the molecule is Clc1nccc2c1ccc1ccc3ccccc3c12. The highest BCUT2D eigenvalue weighted by molar-refractivity contribution is 6.36. The smallest absolute Gasteiger partial charge is 0.136 e. The summed E-state index contributed by atoms with van der Waals surface area (Å²) in [6.45, 7) is 0. The van der Waals surface area contributed by atoms with Gasteiger partial charge in [-0.1, -0.05) is 60.1 Å². The number of hydrogen-bond donors (Lipinski definition) is 0. The molecule has 4 aromatic rings. The van der Waals surface area contributed by atoms with Gasteiger partial charge < -0.3 is 0 Å². The first-order valence-corrected chi connectivity index (χ1v) is 6.57. The van der Waals surface area contributed by atoms with E-state index in [-0.39, 0.29) is 0 Å². The minimum atomic E-state index is 0.562. The van der Waals surface area contributed by atoms with Crippen LogP contribution < -0.4 is 0 Å². The van der Waals surface area contributed by atoms with Crippen LogP contribution in [0.3, 0.4) is 0 Å². The van der Waals surface area contributed by atoms with E-state index in [0.717, 1.165) is 10.8 Å². The maximum absolute atomic E-state index is 6.20. The van der Waals surface area contributed by atoms with Crippen LogP contribution in [0.5, 0.6) is 0 Å². The lowest BCUT2D eigenvalue weighted by atomic mass is 9.97. The van der Waals surface area contributed by atoms with Gasteiger partial charge in [0.15, 0.2) is 0 Å². The quantitative estimate of drug-likeness (QED) is 0.314. The van der Waals surface area contributed by atoms with Crippen molar-refractivity contribution in [2.24, 2.45) is 0 Å². The first kappa shape index (κ1) is 10.8. The van der Waals surface area contributed by atoms with E-state index in [2.05, 4.69) is 47.4 Å². The molecule has 0 saturated heterocycles. The van der Waals surface area contributed by atoms with Crippen LogP contribution in [0.1, 0.15) is 0 Å². The molecule has 0 atom stereocenters. The van der Waals surface area contributed by atoms with Gasteiger partial charge in [0.2, 0.25) is 0 Å². The molecule has 0 unspecified atom stereocenters. The summed E-state index contributed by atoms with van der Waals surface area (Å²) in [5.74, 6) is 0.